The normalized spacial score (nSPS) is 15.2. The Morgan fingerprint density at radius 3 is 2.75 bits per heavy atom. The van der Waals surface area contributed by atoms with Crippen molar-refractivity contribution in [3.63, 3.8) is 0 Å². The Morgan fingerprint density at radius 1 is 1.55 bits per heavy atom. The number of carbonyl (C=O) groups is 1. The van der Waals surface area contributed by atoms with Crippen LogP contribution in [0.15, 0.2) is 12.3 Å². The first-order chi connectivity index (χ1) is 9.49. The number of nitro groups is 1. The lowest BCUT2D eigenvalue weighted by Crippen LogP contribution is -2.25. The van der Waals surface area contributed by atoms with Gasteiger partial charge < -0.3 is 10.0 Å². The van der Waals surface area contributed by atoms with Crippen LogP contribution in [-0.4, -0.2) is 34.6 Å². The summed E-state index contributed by atoms with van der Waals surface area (Å²) in [5.74, 6) is -0.264. The molecule has 1 heterocycles. The molecule has 0 spiro atoms. The van der Waals surface area contributed by atoms with Gasteiger partial charge in [-0.3, -0.25) is 10.1 Å². The van der Waals surface area contributed by atoms with Crippen molar-refractivity contribution in [2.24, 2.45) is 5.92 Å². The minimum absolute atomic E-state index is 0.321. The maximum atomic E-state index is 11.1. The highest BCUT2D eigenvalue weighted by molar-refractivity contribution is 5.93. The molecule has 1 aromatic heterocycles. The number of hydrogen-bond donors (Lipinski definition) is 1. The topological polar surface area (TPSA) is 96.6 Å². The second-order valence-electron chi connectivity index (χ2n) is 5.15. The fraction of sp³-hybridized carbons (Fsp3) is 0.538. The van der Waals surface area contributed by atoms with E-state index in [1.165, 1.54) is 31.7 Å². The second kappa shape index (κ2) is 5.85. The summed E-state index contributed by atoms with van der Waals surface area (Å²) in [5, 5.41) is 19.8. The van der Waals surface area contributed by atoms with E-state index < -0.39 is 16.6 Å². The Balaban J connectivity index is 2.21. The highest BCUT2D eigenvalue weighted by Gasteiger charge is 2.23. The van der Waals surface area contributed by atoms with Crippen molar-refractivity contribution in [1.82, 2.24) is 4.98 Å². The molecule has 0 aromatic carbocycles. The molecule has 7 nitrogen and oxygen atoms in total. The number of hydrogen-bond acceptors (Lipinski definition) is 5. The Labute approximate surface area is 116 Å². The van der Waals surface area contributed by atoms with Gasteiger partial charge in [-0.1, -0.05) is 12.8 Å². The van der Waals surface area contributed by atoms with Crippen molar-refractivity contribution in [1.29, 1.82) is 0 Å². The van der Waals surface area contributed by atoms with Gasteiger partial charge in [-0.25, -0.2) is 9.78 Å². The zero-order valence-corrected chi connectivity index (χ0v) is 11.3. The van der Waals surface area contributed by atoms with E-state index in [1.54, 1.807) is 0 Å². The molecule has 108 valence electrons. The smallest absolute Gasteiger partial charge is 0.342 e. The molecule has 1 saturated carbocycles. The van der Waals surface area contributed by atoms with Gasteiger partial charge >= 0.3 is 11.7 Å². The van der Waals surface area contributed by atoms with Gasteiger partial charge in [0.1, 0.15) is 17.6 Å². The van der Waals surface area contributed by atoms with Crippen LogP contribution in [0.5, 0.6) is 0 Å². The van der Waals surface area contributed by atoms with Gasteiger partial charge in [0.05, 0.1) is 4.92 Å². The number of rotatable bonds is 5. The van der Waals surface area contributed by atoms with Crippen molar-refractivity contribution >= 4 is 17.5 Å². The van der Waals surface area contributed by atoms with E-state index in [0.29, 0.717) is 11.7 Å². The maximum absolute atomic E-state index is 11.1. The third-order valence-corrected chi connectivity index (χ3v) is 3.69. The fourth-order valence-corrected chi connectivity index (χ4v) is 2.64. The molecule has 0 saturated heterocycles. The van der Waals surface area contributed by atoms with Crippen LogP contribution in [0.25, 0.3) is 0 Å². The monoisotopic (exact) mass is 279 g/mol. The molecular formula is C13H17N3O4. The van der Waals surface area contributed by atoms with E-state index in [9.17, 15) is 14.9 Å². The minimum Gasteiger partial charge on any atom is -0.477 e. The minimum atomic E-state index is -1.31. The SMILES string of the molecule is CN(CC1CCCC1)c1cc(C(=O)O)c([N+](=O)[O-])cn1. The van der Waals surface area contributed by atoms with Gasteiger partial charge in [0.15, 0.2) is 0 Å². The highest BCUT2D eigenvalue weighted by atomic mass is 16.6. The number of pyridine rings is 1. The van der Waals surface area contributed by atoms with Crippen molar-refractivity contribution < 1.29 is 14.8 Å². The van der Waals surface area contributed by atoms with Crippen molar-refractivity contribution in [2.45, 2.75) is 25.7 Å². The summed E-state index contributed by atoms with van der Waals surface area (Å²) in [6, 6.07) is 1.27. The molecule has 20 heavy (non-hydrogen) atoms. The third-order valence-electron chi connectivity index (χ3n) is 3.69. The van der Waals surface area contributed by atoms with Gasteiger partial charge in [-0.15, -0.1) is 0 Å². The lowest BCUT2D eigenvalue weighted by atomic mass is 10.1. The summed E-state index contributed by atoms with van der Waals surface area (Å²) in [6.45, 7) is 0.796. The fourth-order valence-electron chi connectivity index (χ4n) is 2.64. The first-order valence-corrected chi connectivity index (χ1v) is 6.58. The van der Waals surface area contributed by atoms with Crippen LogP contribution in [0.3, 0.4) is 0 Å². The average Bonchev–Trinajstić information content (AvgIpc) is 2.90. The average molecular weight is 279 g/mol. The molecule has 1 aliphatic carbocycles. The molecule has 0 aliphatic heterocycles. The quantitative estimate of drug-likeness (QED) is 0.656. The van der Waals surface area contributed by atoms with Gasteiger partial charge in [-0.05, 0) is 18.8 Å². The summed E-state index contributed by atoms with van der Waals surface area (Å²) in [6.07, 6.45) is 5.81. The predicted octanol–water partition coefficient (Wildman–Crippen LogP) is 2.31. The molecule has 1 aromatic rings. The molecule has 0 radical (unpaired) electrons. The van der Waals surface area contributed by atoms with Crippen LogP contribution in [-0.2, 0) is 0 Å². The Kier molecular flexibility index (Phi) is 4.16. The summed E-state index contributed by atoms with van der Waals surface area (Å²) in [4.78, 5) is 27.0. The molecule has 0 amide bonds. The van der Waals surface area contributed by atoms with Crippen LogP contribution in [0.4, 0.5) is 11.5 Å². The molecule has 2 rings (SSSR count). The Hall–Kier alpha value is -2.18. The van der Waals surface area contributed by atoms with Crippen molar-refractivity contribution in [3.8, 4) is 0 Å². The number of aromatic carboxylic acids is 1. The first-order valence-electron chi connectivity index (χ1n) is 6.58. The summed E-state index contributed by atoms with van der Waals surface area (Å²) >= 11 is 0. The van der Waals surface area contributed by atoms with E-state index in [4.69, 9.17) is 5.11 Å². The van der Waals surface area contributed by atoms with E-state index >= 15 is 0 Å². The number of carboxylic acid groups (broad SMARTS) is 1. The van der Waals surface area contributed by atoms with Gasteiger partial charge in [0, 0.05) is 19.7 Å². The lowest BCUT2D eigenvalue weighted by Gasteiger charge is -2.22. The standard InChI is InChI=1S/C13H17N3O4/c1-15(8-9-4-2-3-5-9)12-6-10(13(17)18)11(7-14-12)16(19)20/h6-7,9H,2-5,8H2,1H3,(H,17,18). The number of nitrogens with zero attached hydrogens (tertiary/aromatic N) is 3. The molecule has 0 atom stereocenters. The summed E-state index contributed by atoms with van der Waals surface area (Å²) in [5.41, 5.74) is -0.797. The van der Waals surface area contributed by atoms with Gasteiger partial charge in [0.25, 0.3) is 0 Å². The van der Waals surface area contributed by atoms with E-state index in [-0.39, 0.29) is 5.56 Å². The van der Waals surface area contributed by atoms with E-state index in [1.807, 2.05) is 11.9 Å². The zero-order chi connectivity index (χ0) is 14.7. The van der Waals surface area contributed by atoms with Crippen LogP contribution in [0.1, 0.15) is 36.0 Å². The zero-order valence-electron chi connectivity index (χ0n) is 11.3. The summed E-state index contributed by atoms with van der Waals surface area (Å²) < 4.78 is 0. The second-order valence-corrected chi connectivity index (χ2v) is 5.15. The molecule has 1 aliphatic rings. The van der Waals surface area contributed by atoms with Gasteiger partial charge in [-0.2, -0.15) is 0 Å². The molecule has 1 fully saturated rings. The van der Waals surface area contributed by atoms with Crippen molar-refractivity contribution in [2.75, 3.05) is 18.5 Å². The first kappa shape index (κ1) is 14.2. The van der Waals surface area contributed by atoms with Crippen LogP contribution in [0.2, 0.25) is 0 Å². The summed E-state index contributed by atoms with van der Waals surface area (Å²) in [7, 11) is 1.83. The van der Waals surface area contributed by atoms with Crippen molar-refractivity contribution in [3.05, 3.63) is 27.9 Å². The van der Waals surface area contributed by atoms with E-state index in [0.717, 1.165) is 12.7 Å². The molecule has 0 bridgehead atoms. The Morgan fingerprint density at radius 2 is 2.20 bits per heavy atom. The molecular weight excluding hydrogens is 262 g/mol. The van der Waals surface area contributed by atoms with Crippen LogP contribution in [0, 0.1) is 16.0 Å². The van der Waals surface area contributed by atoms with Gasteiger partial charge in [0.2, 0.25) is 0 Å². The predicted molar refractivity (Wildman–Crippen MR) is 73.1 cm³/mol. The number of anilines is 1. The molecule has 7 heteroatoms. The molecule has 1 N–H and O–H groups in total. The lowest BCUT2D eigenvalue weighted by molar-refractivity contribution is -0.385. The highest BCUT2D eigenvalue weighted by Crippen LogP contribution is 2.27. The van der Waals surface area contributed by atoms with Crippen LogP contribution < -0.4 is 4.90 Å². The third kappa shape index (κ3) is 3.04. The maximum Gasteiger partial charge on any atom is 0.342 e. The largest absolute Gasteiger partial charge is 0.477 e. The Bertz CT molecular complexity index is 526. The van der Waals surface area contributed by atoms with E-state index in [2.05, 4.69) is 4.98 Å². The number of carboxylic acids is 1. The number of aromatic nitrogens is 1. The molecule has 0 unspecified atom stereocenters. The van der Waals surface area contributed by atoms with Crippen LogP contribution >= 0.6 is 0 Å².